The molecule has 0 aliphatic carbocycles. The summed E-state index contributed by atoms with van der Waals surface area (Å²) in [7, 11) is 0. The number of piperidine rings is 1. The molecule has 2 saturated heterocycles. The largest absolute Gasteiger partial charge is 0.492 e. The highest BCUT2D eigenvalue weighted by atomic mass is 16.5. The molecular weight excluding hydrogens is 470 g/mol. The summed E-state index contributed by atoms with van der Waals surface area (Å²) >= 11 is 0. The van der Waals surface area contributed by atoms with Gasteiger partial charge in [0.25, 0.3) is 0 Å². The normalized spacial score (nSPS) is 18.4. The average molecular weight is 512 g/mol. The molecule has 8 heteroatoms. The Morgan fingerprint density at radius 3 is 2.43 bits per heavy atom. The van der Waals surface area contributed by atoms with Gasteiger partial charge in [-0.3, -0.25) is 9.97 Å². The molecule has 0 amide bonds. The van der Waals surface area contributed by atoms with Crippen molar-refractivity contribution in [1.29, 1.82) is 0 Å². The highest BCUT2D eigenvalue weighted by Gasteiger charge is 2.40. The van der Waals surface area contributed by atoms with Crippen LogP contribution in [0.15, 0.2) is 24.5 Å². The van der Waals surface area contributed by atoms with E-state index in [9.17, 15) is 9.90 Å². The Morgan fingerprint density at radius 2 is 1.89 bits per heavy atom. The Morgan fingerprint density at radius 1 is 1.16 bits per heavy atom. The first-order valence-corrected chi connectivity index (χ1v) is 13.3. The second-order valence-electron chi connectivity index (χ2n) is 11.8. The van der Waals surface area contributed by atoms with Crippen LogP contribution in [0.4, 0.5) is 5.69 Å². The average Bonchev–Trinajstić information content (AvgIpc) is 3.29. The molecule has 202 valence electrons. The summed E-state index contributed by atoms with van der Waals surface area (Å²) in [4.78, 5) is 24.2. The number of carbonyl (C=O) groups is 1. The molecular formula is C29H41N3O5. The van der Waals surface area contributed by atoms with E-state index in [1.165, 1.54) is 0 Å². The van der Waals surface area contributed by atoms with Crippen LogP contribution in [0.2, 0.25) is 0 Å². The predicted octanol–water partition coefficient (Wildman–Crippen LogP) is 5.43. The van der Waals surface area contributed by atoms with Gasteiger partial charge in [0.15, 0.2) is 6.10 Å². The second-order valence-corrected chi connectivity index (χ2v) is 11.8. The lowest BCUT2D eigenvalue weighted by atomic mass is 9.77. The van der Waals surface area contributed by atoms with E-state index in [0.29, 0.717) is 29.5 Å². The summed E-state index contributed by atoms with van der Waals surface area (Å²) in [5.41, 5.74) is 3.20. The maximum atomic E-state index is 12.6. The Labute approximate surface area is 220 Å². The van der Waals surface area contributed by atoms with E-state index >= 15 is 0 Å². The minimum absolute atomic E-state index is 0.223. The summed E-state index contributed by atoms with van der Waals surface area (Å²) in [5.74, 6) is 0.0970. The van der Waals surface area contributed by atoms with E-state index in [1.807, 2.05) is 46.0 Å². The van der Waals surface area contributed by atoms with Gasteiger partial charge in [0.05, 0.1) is 36.4 Å². The van der Waals surface area contributed by atoms with E-state index in [1.54, 1.807) is 6.20 Å². The second kappa shape index (κ2) is 11.0. The summed E-state index contributed by atoms with van der Waals surface area (Å²) in [5, 5.41) is 10.3. The molecule has 2 fully saturated rings. The number of ether oxygens (including phenoxy) is 3. The maximum Gasteiger partial charge on any atom is 0.337 e. The highest BCUT2D eigenvalue weighted by molar-refractivity contribution is 5.85. The van der Waals surface area contributed by atoms with E-state index < -0.39 is 17.7 Å². The third-order valence-electron chi connectivity index (χ3n) is 7.17. The third-order valence-corrected chi connectivity index (χ3v) is 7.17. The van der Waals surface area contributed by atoms with Crippen LogP contribution < -0.4 is 9.64 Å². The molecule has 2 aliphatic heterocycles. The van der Waals surface area contributed by atoms with Crippen molar-refractivity contribution in [2.24, 2.45) is 11.3 Å². The van der Waals surface area contributed by atoms with Crippen LogP contribution >= 0.6 is 0 Å². The predicted molar refractivity (Wildman–Crippen MR) is 143 cm³/mol. The maximum absolute atomic E-state index is 12.6. The Kier molecular flexibility index (Phi) is 8.09. The van der Waals surface area contributed by atoms with Gasteiger partial charge in [0.1, 0.15) is 5.75 Å². The van der Waals surface area contributed by atoms with Crippen LogP contribution in [0, 0.1) is 18.3 Å². The van der Waals surface area contributed by atoms with Crippen molar-refractivity contribution in [1.82, 2.24) is 9.97 Å². The number of anilines is 1. The fourth-order valence-electron chi connectivity index (χ4n) is 5.17. The standard InChI is InChI=1S/C29H41N3O5/c1-19(2)17-36-21-7-8-23(31-15-21)22-16-30-20(3)24(26(27(33)34)37-28(4,5)6)25(22)32-12-9-29(10-13-32)11-14-35-18-29/h7-8,15-16,19,26H,9-14,17-18H2,1-6H3,(H,33,34)/t26-/m0/s1. The fourth-order valence-corrected chi connectivity index (χ4v) is 5.17. The van der Waals surface area contributed by atoms with Gasteiger partial charge in [-0.25, -0.2) is 4.79 Å². The Balaban J connectivity index is 1.78. The zero-order valence-electron chi connectivity index (χ0n) is 23.0. The molecule has 1 spiro atoms. The third kappa shape index (κ3) is 6.41. The summed E-state index contributed by atoms with van der Waals surface area (Å²) in [6.45, 7) is 15.5. The van der Waals surface area contributed by atoms with E-state index in [0.717, 1.165) is 62.5 Å². The number of carboxylic acid groups (broad SMARTS) is 1. The molecule has 2 aromatic heterocycles. The van der Waals surface area contributed by atoms with Crippen molar-refractivity contribution >= 4 is 11.7 Å². The highest BCUT2D eigenvalue weighted by Crippen LogP contribution is 2.45. The van der Waals surface area contributed by atoms with Crippen molar-refractivity contribution in [3.63, 3.8) is 0 Å². The Bertz CT molecular complexity index is 1080. The quantitative estimate of drug-likeness (QED) is 0.501. The molecule has 0 radical (unpaired) electrons. The minimum Gasteiger partial charge on any atom is -0.492 e. The van der Waals surface area contributed by atoms with Crippen LogP contribution in [0.1, 0.15) is 71.2 Å². The van der Waals surface area contributed by atoms with Gasteiger partial charge in [-0.2, -0.15) is 0 Å². The lowest BCUT2D eigenvalue weighted by molar-refractivity contribution is -0.160. The van der Waals surface area contributed by atoms with Crippen LogP contribution in [0.3, 0.4) is 0 Å². The lowest BCUT2D eigenvalue weighted by Gasteiger charge is -2.41. The minimum atomic E-state index is -1.15. The van der Waals surface area contributed by atoms with Crippen molar-refractivity contribution < 1.29 is 24.1 Å². The SMILES string of the molecule is Cc1ncc(-c2ccc(OCC(C)C)cn2)c(N2CCC3(CCOC3)CC2)c1[C@H](OC(C)(C)C)C(=O)O. The number of carboxylic acids is 1. The van der Waals surface area contributed by atoms with Crippen LogP contribution in [-0.2, 0) is 14.3 Å². The van der Waals surface area contributed by atoms with Crippen molar-refractivity contribution in [3.8, 4) is 17.0 Å². The zero-order chi connectivity index (χ0) is 26.8. The molecule has 2 aliphatic rings. The van der Waals surface area contributed by atoms with Gasteiger partial charge in [0, 0.05) is 42.7 Å². The molecule has 4 heterocycles. The zero-order valence-corrected chi connectivity index (χ0v) is 23.0. The molecule has 1 atom stereocenters. The molecule has 37 heavy (non-hydrogen) atoms. The number of rotatable bonds is 8. The van der Waals surface area contributed by atoms with Crippen molar-refractivity contribution in [2.75, 3.05) is 37.8 Å². The molecule has 0 unspecified atom stereocenters. The lowest BCUT2D eigenvalue weighted by Crippen LogP contribution is -2.41. The van der Waals surface area contributed by atoms with E-state index in [4.69, 9.17) is 19.2 Å². The monoisotopic (exact) mass is 511 g/mol. The number of hydrogen-bond donors (Lipinski definition) is 1. The topological polar surface area (TPSA) is 94.0 Å². The molecule has 4 rings (SSSR count). The number of hydrogen-bond acceptors (Lipinski definition) is 7. The first kappa shape index (κ1) is 27.3. The van der Waals surface area contributed by atoms with Gasteiger partial charge in [0.2, 0.25) is 0 Å². The fraction of sp³-hybridized carbons (Fsp3) is 0.621. The van der Waals surface area contributed by atoms with E-state index in [-0.39, 0.29) is 5.41 Å². The van der Waals surface area contributed by atoms with Gasteiger partial charge >= 0.3 is 5.97 Å². The number of nitrogens with zero attached hydrogens (tertiary/aromatic N) is 3. The molecule has 0 saturated carbocycles. The number of aromatic nitrogens is 2. The molecule has 8 nitrogen and oxygen atoms in total. The van der Waals surface area contributed by atoms with Crippen LogP contribution in [0.25, 0.3) is 11.3 Å². The van der Waals surface area contributed by atoms with Gasteiger partial charge < -0.3 is 24.2 Å². The first-order chi connectivity index (χ1) is 17.5. The Hall–Kier alpha value is -2.71. The smallest absolute Gasteiger partial charge is 0.337 e. The van der Waals surface area contributed by atoms with E-state index in [2.05, 4.69) is 23.7 Å². The summed E-state index contributed by atoms with van der Waals surface area (Å²) < 4.78 is 17.7. The molecule has 0 aromatic carbocycles. The molecule has 2 aromatic rings. The number of aryl methyl sites for hydroxylation is 1. The first-order valence-electron chi connectivity index (χ1n) is 13.3. The van der Waals surface area contributed by atoms with Crippen LogP contribution in [-0.4, -0.2) is 59.6 Å². The molecule has 0 bridgehead atoms. The number of aliphatic carboxylic acids is 1. The van der Waals surface area contributed by atoms with Gasteiger partial charge in [-0.1, -0.05) is 13.8 Å². The van der Waals surface area contributed by atoms with Crippen molar-refractivity contribution in [3.05, 3.63) is 35.8 Å². The van der Waals surface area contributed by atoms with Gasteiger partial charge in [-0.15, -0.1) is 0 Å². The summed E-state index contributed by atoms with van der Waals surface area (Å²) in [6.07, 6.45) is 5.47. The molecule has 1 N–H and O–H groups in total. The number of pyridine rings is 2. The van der Waals surface area contributed by atoms with Gasteiger partial charge in [-0.05, 0) is 70.4 Å². The van der Waals surface area contributed by atoms with Crippen molar-refractivity contribution in [2.45, 2.75) is 72.5 Å². The van der Waals surface area contributed by atoms with Crippen LogP contribution in [0.5, 0.6) is 5.75 Å². The summed E-state index contributed by atoms with van der Waals surface area (Å²) in [6, 6.07) is 3.83.